The molecule has 0 spiro atoms. The van der Waals surface area contributed by atoms with Crippen molar-refractivity contribution in [2.75, 3.05) is 17.7 Å². The summed E-state index contributed by atoms with van der Waals surface area (Å²) in [6, 6.07) is 9.64. The van der Waals surface area contributed by atoms with Gasteiger partial charge in [-0.1, -0.05) is 23.4 Å². The van der Waals surface area contributed by atoms with Crippen LogP contribution in [0.3, 0.4) is 0 Å². The number of anilines is 2. The molecule has 0 saturated heterocycles. The lowest BCUT2D eigenvalue weighted by Gasteiger charge is -2.20. The number of nitrogens with one attached hydrogen (secondary N) is 1. The smallest absolute Gasteiger partial charge is 0.326 e. The first-order valence-corrected chi connectivity index (χ1v) is 10.7. The number of nitrogen functional groups attached to an aromatic ring is 1. The van der Waals surface area contributed by atoms with Crippen LogP contribution in [-0.2, 0) is 26.3 Å². The maximum Gasteiger partial charge on any atom is 0.326 e. The predicted octanol–water partition coefficient (Wildman–Crippen LogP) is 2.54. The van der Waals surface area contributed by atoms with Gasteiger partial charge in [0, 0.05) is 11.6 Å². The van der Waals surface area contributed by atoms with Crippen molar-refractivity contribution in [2.45, 2.75) is 25.8 Å². The Morgan fingerprint density at radius 1 is 1.26 bits per heavy atom. The second-order valence-corrected chi connectivity index (χ2v) is 8.00. The summed E-state index contributed by atoms with van der Waals surface area (Å²) >= 11 is 0. The Morgan fingerprint density at radius 3 is 2.77 bits per heavy atom. The molecule has 1 atom stereocenters. The number of fused-ring (bicyclic) bond motifs is 1. The van der Waals surface area contributed by atoms with Gasteiger partial charge in [0.05, 0.1) is 24.4 Å². The highest BCUT2D eigenvalue weighted by molar-refractivity contribution is 6.19. The molecule has 11 nitrogen and oxygen atoms in total. The van der Waals surface area contributed by atoms with E-state index < -0.39 is 17.3 Å². The van der Waals surface area contributed by atoms with E-state index in [2.05, 4.69) is 25.5 Å². The molecule has 1 aliphatic heterocycles. The third kappa shape index (κ3) is 3.59. The molecule has 1 aromatic carbocycles. The molecule has 178 valence electrons. The van der Waals surface area contributed by atoms with Gasteiger partial charge in [0.2, 0.25) is 5.91 Å². The number of hydrogen-bond acceptors (Lipinski definition) is 9. The summed E-state index contributed by atoms with van der Waals surface area (Å²) < 4.78 is 25.9. The number of aromatic nitrogens is 5. The number of carbonyl (C=O) groups excluding carboxylic acids is 2. The van der Waals surface area contributed by atoms with Crippen LogP contribution in [0.15, 0.2) is 47.2 Å². The fourth-order valence-electron chi connectivity index (χ4n) is 3.98. The molecule has 0 radical (unpaired) electrons. The Hall–Kier alpha value is -4.61. The Balaban J connectivity index is 1.59. The first kappa shape index (κ1) is 22.2. The Kier molecular flexibility index (Phi) is 5.27. The monoisotopic (exact) mass is 477 g/mol. The molecule has 35 heavy (non-hydrogen) atoms. The quantitative estimate of drug-likeness (QED) is 0.315. The first-order valence-electron chi connectivity index (χ1n) is 10.7. The highest BCUT2D eigenvalue weighted by atomic mass is 19.1. The first-order chi connectivity index (χ1) is 16.8. The van der Waals surface area contributed by atoms with E-state index in [0.717, 1.165) is 0 Å². The summed E-state index contributed by atoms with van der Waals surface area (Å²) in [6.45, 7) is 3.26. The number of hydrogen-bond donors (Lipinski definition) is 2. The highest BCUT2D eigenvalue weighted by Crippen LogP contribution is 2.41. The number of rotatable bonds is 6. The maximum atomic E-state index is 14.3. The highest BCUT2D eigenvalue weighted by Gasteiger charge is 2.53. The molecule has 4 aromatic rings. The zero-order valence-corrected chi connectivity index (χ0v) is 18.8. The molecule has 4 heterocycles. The molecule has 0 fully saturated rings. The summed E-state index contributed by atoms with van der Waals surface area (Å²) in [4.78, 5) is 34.0. The van der Waals surface area contributed by atoms with Gasteiger partial charge in [-0.3, -0.25) is 14.3 Å². The molecular weight excluding hydrogens is 457 g/mol. The SMILES string of the molecule is CCOC(=O)C1(C)C(=O)Nc2nc(-c3cc(-c4ccon4)n(Cc4ccccc4F)n3)nc(N)c21. The van der Waals surface area contributed by atoms with Gasteiger partial charge in [-0.05, 0) is 26.0 Å². The number of carbonyl (C=O) groups is 2. The largest absolute Gasteiger partial charge is 0.465 e. The average Bonchev–Trinajstić information content (AvgIpc) is 3.55. The topological polar surface area (TPSA) is 151 Å². The summed E-state index contributed by atoms with van der Waals surface area (Å²) in [5.74, 6) is -1.61. The van der Waals surface area contributed by atoms with Crippen LogP contribution in [0.25, 0.3) is 22.9 Å². The molecule has 0 saturated carbocycles. The zero-order chi connectivity index (χ0) is 24.7. The third-order valence-electron chi connectivity index (χ3n) is 5.79. The van der Waals surface area contributed by atoms with E-state index in [0.29, 0.717) is 22.6 Å². The Bertz CT molecular complexity index is 1450. The van der Waals surface area contributed by atoms with E-state index in [9.17, 15) is 14.0 Å². The number of halogens is 1. The summed E-state index contributed by atoms with van der Waals surface area (Å²) in [7, 11) is 0. The third-order valence-corrected chi connectivity index (χ3v) is 5.79. The van der Waals surface area contributed by atoms with Gasteiger partial charge < -0.3 is 20.3 Å². The van der Waals surface area contributed by atoms with Crippen molar-refractivity contribution in [3.63, 3.8) is 0 Å². The van der Waals surface area contributed by atoms with Gasteiger partial charge in [0.15, 0.2) is 11.2 Å². The molecule has 0 bridgehead atoms. The van der Waals surface area contributed by atoms with Crippen LogP contribution in [0.1, 0.15) is 25.0 Å². The molecule has 3 aromatic heterocycles. The molecular formula is C23H20FN7O4. The maximum absolute atomic E-state index is 14.3. The molecule has 12 heteroatoms. The summed E-state index contributed by atoms with van der Waals surface area (Å²) in [6.07, 6.45) is 1.41. The van der Waals surface area contributed by atoms with Crippen LogP contribution in [-0.4, -0.2) is 43.4 Å². The van der Waals surface area contributed by atoms with Crippen LogP contribution in [0.4, 0.5) is 16.0 Å². The minimum Gasteiger partial charge on any atom is -0.465 e. The Labute approximate surface area is 198 Å². The normalized spacial score (nSPS) is 16.7. The van der Waals surface area contributed by atoms with Crippen LogP contribution < -0.4 is 11.1 Å². The minimum absolute atomic E-state index is 0.0643. The van der Waals surface area contributed by atoms with Crippen molar-refractivity contribution in [1.82, 2.24) is 24.9 Å². The van der Waals surface area contributed by atoms with Crippen molar-refractivity contribution in [2.24, 2.45) is 0 Å². The number of ether oxygens (including phenoxy) is 1. The van der Waals surface area contributed by atoms with E-state index in [1.54, 1.807) is 41.9 Å². The second kappa shape index (κ2) is 8.31. The standard InChI is InChI=1S/C23H20FN7O4/c1-3-34-22(33)23(2)17-18(25)26-19(27-20(17)28-21(23)32)15-10-16(14-8-9-35-30-14)31(29-15)11-12-6-4-5-7-13(12)24/h4-10H,3,11H2,1-2H3,(H3,25,26,27,28,32). The van der Waals surface area contributed by atoms with Crippen molar-refractivity contribution in [3.8, 4) is 22.9 Å². The summed E-state index contributed by atoms with van der Waals surface area (Å²) in [5, 5.41) is 11.1. The summed E-state index contributed by atoms with van der Waals surface area (Å²) in [5.41, 5.74) is 6.38. The Morgan fingerprint density at radius 2 is 2.06 bits per heavy atom. The van der Waals surface area contributed by atoms with Gasteiger partial charge in [0.1, 0.15) is 35.1 Å². The van der Waals surface area contributed by atoms with Crippen molar-refractivity contribution < 1.29 is 23.2 Å². The van der Waals surface area contributed by atoms with Gasteiger partial charge in [-0.15, -0.1) is 0 Å². The lowest BCUT2D eigenvalue weighted by molar-refractivity contribution is -0.152. The fourth-order valence-corrected chi connectivity index (χ4v) is 3.98. The molecule has 1 unspecified atom stereocenters. The number of nitrogens with two attached hydrogens (primary N) is 1. The molecule has 1 aliphatic rings. The van der Waals surface area contributed by atoms with E-state index in [4.69, 9.17) is 15.0 Å². The molecule has 1 amide bonds. The van der Waals surface area contributed by atoms with Crippen LogP contribution >= 0.6 is 0 Å². The number of esters is 1. The number of benzene rings is 1. The molecule has 3 N–H and O–H groups in total. The van der Waals surface area contributed by atoms with Crippen LogP contribution in [0.2, 0.25) is 0 Å². The lowest BCUT2D eigenvalue weighted by atomic mass is 9.84. The number of nitrogens with zero attached hydrogens (tertiary/aromatic N) is 5. The van der Waals surface area contributed by atoms with Crippen molar-refractivity contribution in [1.29, 1.82) is 0 Å². The zero-order valence-electron chi connectivity index (χ0n) is 18.8. The van der Waals surface area contributed by atoms with Crippen molar-refractivity contribution in [3.05, 3.63) is 59.6 Å². The van der Waals surface area contributed by atoms with E-state index in [1.165, 1.54) is 19.3 Å². The molecule has 5 rings (SSSR count). The van der Waals surface area contributed by atoms with Crippen LogP contribution in [0, 0.1) is 5.82 Å². The fraction of sp³-hybridized carbons (Fsp3) is 0.217. The van der Waals surface area contributed by atoms with Gasteiger partial charge in [-0.25, -0.2) is 14.4 Å². The number of amides is 1. The minimum atomic E-state index is -1.68. The van der Waals surface area contributed by atoms with Crippen LogP contribution in [0.5, 0.6) is 0 Å². The lowest BCUT2D eigenvalue weighted by Crippen LogP contribution is -2.41. The van der Waals surface area contributed by atoms with E-state index >= 15 is 0 Å². The molecule has 0 aliphatic carbocycles. The van der Waals surface area contributed by atoms with E-state index in [1.807, 2.05) is 0 Å². The van der Waals surface area contributed by atoms with Gasteiger partial charge in [0.25, 0.3) is 0 Å². The van der Waals surface area contributed by atoms with Gasteiger partial charge in [-0.2, -0.15) is 5.10 Å². The van der Waals surface area contributed by atoms with E-state index in [-0.39, 0.29) is 42.0 Å². The van der Waals surface area contributed by atoms with Crippen molar-refractivity contribution >= 4 is 23.5 Å². The van der Waals surface area contributed by atoms with Gasteiger partial charge >= 0.3 is 5.97 Å². The average molecular weight is 477 g/mol. The predicted molar refractivity (Wildman–Crippen MR) is 121 cm³/mol. The second-order valence-electron chi connectivity index (χ2n) is 8.00.